The average molecular weight is 320 g/mol. The number of carbonyl (C=O) groups excluding carboxylic acids is 1. The van der Waals surface area contributed by atoms with Crippen LogP contribution in [0.2, 0.25) is 0 Å². The molecule has 70 valence electrons. The van der Waals surface area contributed by atoms with E-state index in [9.17, 15) is 9.18 Å². The van der Waals surface area contributed by atoms with Crippen molar-refractivity contribution in [2.75, 3.05) is 0 Å². The molecule has 0 N–H and O–H groups in total. The van der Waals surface area contributed by atoms with Crippen LogP contribution >= 0.6 is 31.9 Å². The van der Waals surface area contributed by atoms with Crippen LogP contribution in [-0.2, 0) is 4.79 Å². The fourth-order valence-electron chi connectivity index (χ4n) is 0.843. The van der Waals surface area contributed by atoms with Crippen LogP contribution in [0.5, 0.6) is 0 Å². The van der Waals surface area contributed by atoms with Gasteiger partial charge in [0.25, 0.3) is 0 Å². The Labute approximate surface area is 95.5 Å². The first-order chi connectivity index (χ1) is 6.61. The fourth-order valence-corrected chi connectivity index (χ4v) is 2.09. The van der Waals surface area contributed by atoms with Gasteiger partial charge in [0.2, 0.25) is 6.08 Å². The maximum atomic E-state index is 13.3. The van der Waals surface area contributed by atoms with Crippen LogP contribution < -0.4 is 0 Å². The van der Waals surface area contributed by atoms with Crippen molar-refractivity contribution in [2.45, 2.75) is 0 Å². The van der Waals surface area contributed by atoms with Crippen molar-refractivity contribution >= 4 is 43.6 Å². The topological polar surface area (TPSA) is 53.2 Å². The molecule has 0 unspecified atom stereocenters. The number of isocyanates is 1. The highest BCUT2D eigenvalue weighted by atomic mass is 79.9. The summed E-state index contributed by atoms with van der Waals surface area (Å²) in [4.78, 5) is 13.3. The second-order valence-electron chi connectivity index (χ2n) is 2.19. The Morgan fingerprint density at radius 2 is 2.07 bits per heavy atom. The van der Waals surface area contributed by atoms with Crippen molar-refractivity contribution in [3.8, 4) is 6.07 Å². The van der Waals surface area contributed by atoms with Gasteiger partial charge < -0.3 is 0 Å². The number of halogens is 3. The van der Waals surface area contributed by atoms with Gasteiger partial charge in [-0.2, -0.15) is 10.3 Å². The first-order valence-electron chi connectivity index (χ1n) is 3.27. The standard InChI is InChI=1S/C8HBr2FN2O/c9-5-1-6(10)8(13-3-14)4(2-12)7(5)11/h1H. The third kappa shape index (κ3) is 1.90. The molecule has 0 aliphatic rings. The maximum absolute atomic E-state index is 13.3. The predicted octanol–water partition coefficient (Wildman–Crippen LogP) is 3.19. The van der Waals surface area contributed by atoms with Crippen LogP contribution in [0.1, 0.15) is 5.56 Å². The molecule has 1 aromatic carbocycles. The molecule has 0 amide bonds. The van der Waals surface area contributed by atoms with Crippen molar-refractivity contribution in [2.24, 2.45) is 4.99 Å². The molecule has 6 heteroatoms. The Morgan fingerprint density at radius 1 is 1.43 bits per heavy atom. The zero-order valence-electron chi connectivity index (χ0n) is 6.51. The molecule has 1 aromatic rings. The lowest BCUT2D eigenvalue weighted by Gasteiger charge is -2.02. The normalized spacial score (nSPS) is 9.00. The second kappa shape index (κ2) is 4.47. The minimum Gasteiger partial charge on any atom is -0.211 e. The summed E-state index contributed by atoms with van der Waals surface area (Å²) >= 11 is 5.98. The van der Waals surface area contributed by atoms with E-state index in [2.05, 4.69) is 36.9 Å². The third-order valence-corrected chi connectivity index (χ3v) is 2.60. The number of aliphatic imine (C=N–C) groups is 1. The molecule has 0 spiro atoms. The lowest BCUT2D eigenvalue weighted by molar-refractivity contribution is 0.565. The third-order valence-electron chi connectivity index (χ3n) is 1.41. The highest BCUT2D eigenvalue weighted by molar-refractivity contribution is 9.11. The molecule has 1 rings (SSSR count). The molecule has 0 radical (unpaired) electrons. The minimum absolute atomic E-state index is 0.0526. The van der Waals surface area contributed by atoms with Gasteiger partial charge in [0, 0.05) is 4.47 Å². The summed E-state index contributed by atoms with van der Waals surface area (Å²) in [6.07, 6.45) is 1.26. The van der Waals surface area contributed by atoms with E-state index in [0.29, 0.717) is 4.47 Å². The number of hydrogen-bond acceptors (Lipinski definition) is 3. The van der Waals surface area contributed by atoms with E-state index in [4.69, 9.17) is 5.26 Å². The molecule has 0 bridgehead atoms. The summed E-state index contributed by atoms with van der Waals surface area (Å²) in [5.41, 5.74) is -0.349. The van der Waals surface area contributed by atoms with E-state index in [1.165, 1.54) is 12.1 Å². The van der Waals surface area contributed by atoms with E-state index in [-0.39, 0.29) is 15.7 Å². The van der Waals surface area contributed by atoms with Gasteiger partial charge in [-0.3, -0.25) is 0 Å². The van der Waals surface area contributed by atoms with Crippen molar-refractivity contribution in [1.29, 1.82) is 5.26 Å². The van der Waals surface area contributed by atoms with Crippen LogP contribution in [0.25, 0.3) is 0 Å². The number of benzene rings is 1. The van der Waals surface area contributed by atoms with Crippen molar-refractivity contribution in [3.63, 3.8) is 0 Å². The highest BCUT2D eigenvalue weighted by Gasteiger charge is 2.15. The van der Waals surface area contributed by atoms with Crippen LogP contribution in [0.15, 0.2) is 20.0 Å². The molecule has 0 saturated heterocycles. The maximum Gasteiger partial charge on any atom is 0.240 e. The zero-order valence-corrected chi connectivity index (χ0v) is 9.69. The van der Waals surface area contributed by atoms with Gasteiger partial charge >= 0.3 is 0 Å². The Morgan fingerprint density at radius 3 is 2.57 bits per heavy atom. The SMILES string of the molecule is N#Cc1c(F)c(Br)cc(Br)c1N=C=O. The van der Waals surface area contributed by atoms with Crippen molar-refractivity contribution in [3.05, 3.63) is 26.4 Å². The van der Waals surface area contributed by atoms with Crippen LogP contribution in [0.4, 0.5) is 10.1 Å². The first kappa shape index (κ1) is 11.1. The molecule has 0 aromatic heterocycles. The van der Waals surface area contributed by atoms with E-state index in [0.717, 1.165) is 0 Å². The Hall–Kier alpha value is -1.02. The number of nitrogens with zero attached hydrogens (tertiary/aromatic N) is 2. The van der Waals surface area contributed by atoms with Crippen molar-refractivity contribution < 1.29 is 9.18 Å². The van der Waals surface area contributed by atoms with E-state index >= 15 is 0 Å². The van der Waals surface area contributed by atoms with Gasteiger partial charge in [-0.1, -0.05) is 0 Å². The minimum atomic E-state index is -0.746. The summed E-state index contributed by atoms with van der Waals surface area (Å²) in [5.74, 6) is -0.746. The fraction of sp³-hybridized carbons (Fsp3) is 0. The van der Waals surface area contributed by atoms with Gasteiger partial charge in [-0.05, 0) is 37.9 Å². The van der Waals surface area contributed by atoms with Gasteiger partial charge in [-0.25, -0.2) is 9.18 Å². The number of rotatable bonds is 1. The molecule has 0 aliphatic carbocycles. The highest BCUT2D eigenvalue weighted by Crippen LogP contribution is 2.34. The lowest BCUT2D eigenvalue weighted by Crippen LogP contribution is -1.87. The molecule has 0 atom stereocenters. The largest absolute Gasteiger partial charge is 0.240 e. The lowest BCUT2D eigenvalue weighted by atomic mass is 10.2. The Bertz CT molecular complexity index is 475. The van der Waals surface area contributed by atoms with E-state index in [1.54, 1.807) is 6.07 Å². The van der Waals surface area contributed by atoms with Crippen LogP contribution in [0, 0.1) is 17.1 Å². The van der Waals surface area contributed by atoms with E-state index < -0.39 is 5.82 Å². The van der Waals surface area contributed by atoms with Crippen molar-refractivity contribution in [1.82, 2.24) is 0 Å². The molecule has 0 fully saturated rings. The monoisotopic (exact) mass is 318 g/mol. The van der Waals surface area contributed by atoms with Crippen LogP contribution in [-0.4, -0.2) is 6.08 Å². The van der Waals surface area contributed by atoms with Gasteiger partial charge in [0.1, 0.15) is 17.3 Å². The second-order valence-corrected chi connectivity index (χ2v) is 3.90. The van der Waals surface area contributed by atoms with E-state index in [1.807, 2.05) is 0 Å². The molecule has 0 aliphatic heterocycles. The van der Waals surface area contributed by atoms with Gasteiger partial charge in [0.15, 0.2) is 5.82 Å². The van der Waals surface area contributed by atoms with Gasteiger partial charge in [-0.15, -0.1) is 0 Å². The first-order valence-corrected chi connectivity index (χ1v) is 4.86. The Balaban J connectivity index is 3.65. The molecular formula is C8HBr2FN2O. The van der Waals surface area contributed by atoms with Crippen LogP contribution in [0.3, 0.4) is 0 Å². The predicted molar refractivity (Wildman–Crippen MR) is 54.3 cm³/mol. The zero-order chi connectivity index (χ0) is 10.7. The molecule has 14 heavy (non-hydrogen) atoms. The summed E-state index contributed by atoms with van der Waals surface area (Å²) in [7, 11) is 0. The number of hydrogen-bond donors (Lipinski definition) is 0. The molecule has 3 nitrogen and oxygen atoms in total. The number of nitriles is 1. The summed E-state index contributed by atoms with van der Waals surface area (Å²) in [6, 6.07) is 2.99. The molecule has 0 heterocycles. The smallest absolute Gasteiger partial charge is 0.211 e. The molecule has 0 saturated carbocycles. The summed E-state index contributed by atoms with van der Waals surface area (Å²) < 4.78 is 13.8. The quantitative estimate of drug-likeness (QED) is 0.453. The molecular weight excluding hydrogens is 319 g/mol. The average Bonchev–Trinajstić information content (AvgIpc) is 2.15. The van der Waals surface area contributed by atoms with Gasteiger partial charge in [0.05, 0.1) is 4.47 Å². The summed E-state index contributed by atoms with van der Waals surface area (Å²) in [6.45, 7) is 0. The Kier molecular flexibility index (Phi) is 3.53. The summed E-state index contributed by atoms with van der Waals surface area (Å²) in [5, 5.41) is 8.65.